The predicted octanol–water partition coefficient (Wildman–Crippen LogP) is 5.68. The van der Waals surface area contributed by atoms with Crippen LogP contribution < -0.4 is 10.6 Å². The summed E-state index contributed by atoms with van der Waals surface area (Å²) in [5.41, 5.74) is 4.59. The van der Waals surface area contributed by atoms with Gasteiger partial charge in [0.1, 0.15) is 5.60 Å². The Bertz CT molecular complexity index is 1480. The van der Waals surface area contributed by atoms with Gasteiger partial charge in [-0.05, 0) is 56.9 Å². The first-order chi connectivity index (χ1) is 20.2. The Balaban J connectivity index is 1.28. The van der Waals surface area contributed by atoms with Gasteiger partial charge in [-0.2, -0.15) is 5.10 Å². The van der Waals surface area contributed by atoms with Crippen molar-refractivity contribution >= 4 is 12.0 Å². The molecule has 3 aromatic carbocycles. The Kier molecular flexibility index (Phi) is 9.03. The molecule has 0 bridgehead atoms. The lowest BCUT2D eigenvalue weighted by molar-refractivity contribution is 0.0291. The highest BCUT2D eigenvalue weighted by Gasteiger charge is 2.30. The normalized spacial score (nSPS) is 15.8. The smallest absolute Gasteiger partial charge is 0.410 e. The molecule has 0 aliphatic carbocycles. The average Bonchev–Trinajstić information content (AvgIpc) is 3.67. The summed E-state index contributed by atoms with van der Waals surface area (Å²) in [5.74, 6) is -0.153. The number of aromatic nitrogens is 2. The SMILES string of the molecule is CC(C)(C)OC(=O)N1CCC(NC[C@H](Cc2ccccc2)NC(=O)c2ccccc2-c2cc(-c3ccccc3)[nH]n2)C1. The highest BCUT2D eigenvalue weighted by atomic mass is 16.6. The van der Waals surface area contributed by atoms with Crippen molar-refractivity contribution in [2.45, 2.75) is 51.3 Å². The Morgan fingerprint density at radius 2 is 1.69 bits per heavy atom. The van der Waals surface area contributed by atoms with Crippen LogP contribution in [0.5, 0.6) is 0 Å². The van der Waals surface area contributed by atoms with Gasteiger partial charge in [0.2, 0.25) is 0 Å². The number of nitrogens with one attached hydrogen (secondary N) is 3. The molecule has 1 saturated heterocycles. The van der Waals surface area contributed by atoms with Crippen molar-refractivity contribution in [3.05, 3.63) is 102 Å². The summed E-state index contributed by atoms with van der Waals surface area (Å²) in [6.07, 6.45) is 1.22. The van der Waals surface area contributed by atoms with Crippen LogP contribution in [0.15, 0.2) is 91.0 Å². The summed E-state index contributed by atoms with van der Waals surface area (Å²) in [6.45, 7) is 7.41. The summed E-state index contributed by atoms with van der Waals surface area (Å²) >= 11 is 0. The fourth-order valence-electron chi connectivity index (χ4n) is 5.19. The summed E-state index contributed by atoms with van der Waals surface area (Å²) in [5, 5.41) is 14.5. The maximum absolute atomic E-state index is 13.7. The topological polar surface area (TPSA) is 99.4 Å². The molecule has 5 rings (SSSR count). The van der Waals surface area contributed by atoms with E-state index < -0.39 is 5.60 Å². The van der Waals surface area contributed by atoms with E-state index in [4.69, 9.17) is 4.74 Å². The molecule has 8 nitrogen and oxygen atoms in total. The molecular formula is C34H39N5O3. The van der Waals surface area contributed by atoms with Crippen LogP contribution >= 0.6 is 0 Å². The number of nitrogens with zero attached hydrogens (tertiary/aromatic N) is 2. The second-order valence-corrected chi connectivity index (χ2v) is 11.8. The number of hydrogen-bond acceptors (Lipinski definition) is 5. The van der Waals surface area contributed by atoms with Crippen LogP contribution in [-0.4, -0.2) is 64.4 Å². The Morgan fingerprint density at radius 3 is 2.43 bits per heavy atom. The number of benzene rings is 3. The maximum atomic E-state index is 13.7. The van der Waals surface area contributed by atoms with Crippen LogP contribution in [0.3, 0.4) is 0 Å². The number of likely N-dealkylation sites (tertiary alicyclic amines) is 1. The first-order valence-electron chi connectivity index (χ1n) is 14.5. The molecule has 8 heteroatoms. The van der Waals surface area contributed by atoms with E-state index in [-0.39, 0.29) is 24.1 Å². The summed E-state index contributed by atoms with van der Waals surface area (Å²) in [4.78, 5) is 28.0. The number of carbonyl (C=O) groups excluding carboxylic acids is 2. The van der Waals surface area contributed by atoms with Gasteiger partial charge in [0.05, 0.1) is 11.4 Å². The van der Waals surface area contributed by atoms with Crippen molar-refractivity contribution in [3.8, 4) is 22.5 Å². The number of H-pyrrole nitrogens is 1. The number of hydrogen-bond donors (Lipinski definition) is 3. The highest BCUT2D eigenvalue weighted by Crippen LogP contribution is 2.26. The largest absolute Gasteiger partial charge is 0.444 e. The average molecular weight is 566 g/mol. The Morgan fingerprint density at radius 1 is 1.00 bits per heavy atom. The van der Waals surface area contributed by atoms with Gasteiger partial charge < -0.3 is 20.3 Å². The predicted molar refractivity (Wildman–Crippen MR) is 165 cm³/mol. The molecule has 42 heavy (non-hydrogen) atoms. The molecule has 1 unspecified atom stereocenters. The van der Waals surface area contributed by atoms with Gasteiger partial charge in [0, 0.05) is 42.8 Å². The fraction of sp³-hybridized carbons (Fsp3) is 0.324. The number of ether oxygens (including phenoxy) is 1. The molecular weight excluding hydrogens is 526 g/mol. The lowest BCUT2D eigenvalue weighted by Gasteiger charge is -2.25. The third kappa shape index (κ3) is 7.64. The molecule has 1 fully saturated rings. The summed E-state index contributed by atoms with van der Waals surface area (Å²) < 4.78 is 5.55. The zero-order valence-corrected chi connectivity index (χ0v) is 24.5. The second kappa shape index (κ2) is 13.0. The van der Waals surface area contributed by atoms with Crippen LogP contribution in [0.2, 0.25) is 0 Å². The van der Waals surface area contributed by atoms with E-state index in [1.165, 1.54) is 0 Å². The minimum absolute atomic E-state index is 0.125. The number of carbonyl (C=O) groups is 2. The molecule has 2 amide bonds. The maximum Gasteiger partial charge on any atom is 0.410 e. The van der Waals surface area contributed by atoms with Crippen LogP contribution in [0.4, 0.5) is 4.79 Å². The molecule has 1 aromatic heterocycles. The van der Waals surface area contributed by atoms with E-state index in [9.17, 15) is 9.59 Å². The van der Waals surface area contributed by atoms with E-state index in [0.717, 1.165) is 28.8 Å². The zero-order chi connectivity index (χ0) is 29.5. The molecule has 218 valence electrons. The zero-order valence-electron chi connectivity index (χ0n) is 24.5. The van der Waals surface area contributed by atoms with Crippen molar-refractivity contribution in [1.29, 1.82) is 0 Å². The van der Waals surface area contributed by atoms with Crippen molar-refractivity contribution in [2.75, 3.05) is 19.6 Å². The van der Waals surface area contributed by atoms with Gasteiger partial charge >= 0.3 is 6.09 Å². The van der Waals surface area contributed by atoms with Crippen molar-refractivity contribution in [3.63, 3.8) is 0 Å². The summed E-state index contributed by atoms with van der Waals surface area (Å²) in [6, 6.07) is 29.6. The van der Waals surface area contributed by atoms with Gasteiger partial charge in [0.25, 0.3) is 5.91 Å². The minimum Gasteiger partial charge on any atom is -0.444 e. The van der Waals surface area contributed by atoms with E-state index >= 15 is 0 Å². The summed E-state index contributed by atoms with van der Waals surface area (Å²) in [7, 11) is 0. The first-order valence-corrected chi connectivity index (χ1v) is 14.5. The Labute approximate surface area is 247 Å². The third-order valence-corrected chi connectivity index (χ3v) is 7.26. The van der Waals surface area contributed by atoms with Gasteiger partial charge in [-0.25, -0.2) is 4.79 Å². The van der Waals surface area contributed by atoms with E-state index in [1.54, 1.807) is 4.90 Å². The lowest BCUT2D eigenvalue weighted by Crippen LogP contribution is -2.47. The molecule has 0 spiro atoms. The molecule has 2 atom stereocenters. The number of amides is 2. The van der Waals surface area contributed by atoms with E-state index in [1.807, 2.05) is 99.6 Å². The van der Waals surface area contributed by atoms with Crippen LogP contribution in [0.1, 0.15) is 43.1 Å². The molecule has 4 aromatic rings. The molecule has 0 radical (unpaired) electrons. The van der Waals surface area contributed by atoms with Gasteiger partial charge in [-0.1, -0.05) is 78.9 Å². The van der Waals surface area contributed by atoms with E-state index in [0.29, 0.717) is 37.3 Å². The lowest BCUT2D eigenvalue weighted by atomic mass is 10.0. The number of aromatic amines is 1. The van der Waals surface area contributed by atoms with Crippen molar-refractivity contribution in [2.24, 2.45) is 0 Å². The van der Waals surface area contributed by atoms with Crippen LogP contribution in [-0.2, 0) is 11.2 Å². The van der Waals surface area contributed by atoms with Crippen LogP contribution in [0.25, 0.3) is 22.5 Å². The Hall–Kier alpha value is -4.43. The quantitative estimate of drug-likeness (QED) is 0.242. The molecule has 3 N–H and O–H groups in total. The van der Waals surface area contributed by atoms with Gasteiger partial charge in [-0.3, -0.25) is 9.89 Å². The van der Waals surface area contributed by atoms with Gasteiger partial charge in [-0.15, -0.1) is 0 Å². The van der Waals surface area contributed by atoms with Crippen molar-refractivity contribution in [1.82, 2.24) is 25.7 Å². The highest BCUT2D eigenvalue weighted by molar-refractivity contribution is 6.00. The molecule has 0 saturated carbocycles. The van der Waals surface area contributed by atoms with Crippen LogP contribution in [0, 0.1) is 0 Å². The molecule has 1 aliphatic rings. The molecule has 2 heterocycles. The van der Waals surface area contributed by atoms with Gasteiger partial charge in [0.15, 0.2) is 0 Å². The third-order valence-electron chi connectivity index (χ3n) is 7.26. The first kappa shape index (κ1) is 29.1. The monoisotopic (exact) mass is 565 g/mol. The standard InChI is InChI=1S/C34H39N5O3/c1-34(2,3)42-33(41)39-19-18-26(23-39)35-22-27(20-24-12-6-4-7-13-24)36-32(40)29-17-11-10-16-28(29)31-21-30(37-38-31)25-14-8-5-9-15-25/h4-17,21,26-27,35H,18-20,22-23H2,1-3H3,(H,36,40)(H,37,38)/t26?,27-/m0/s1. The minimum atomic E-state index is -0.525. The number of rotatable bonds is 9. The fourth-order valence-corrected chi connectivity index (χ4v) is 5.19. The van der Waals surface area contributed by atoms with E-state index in [2.05, 4.69) is 33.0 Å². The van der Waals surface area contributed by atoms with Crippen molar-refractivity contribution < 1.29 is 14.3 Å². The molecule has 1 aliphatic heterocycles. The second-order valence-electron chi connectivity index (χ2n) is 11.8.